The zero-order valence-electron chi connectivity index (χ0n) is 11.0. The van der Waals surface area contributed by atoms with Crippen LogP contribution in [0.4, 0.5) is 17.8 Å². The number of hydrogen-bond acceptors (Lipinski definition) is 8. The minimum absolute atomic E-state index is 0.179. The Hall–Kier alpha value is -1.67. The molecule has 0 radical (unpaired) electrons. The Balaban J connectivity index is 2.72. The molecule has 1 aromatic rings. The highest BCUT2D eigenvalue weighted by Crippen LogP contribution is 2.11. The molecule has 8 heteroatoms. The number of rotatable bonds is 7. The molecule has 0 bridgehead atoms. The Labute approximate surface area is 107 Å². The maximum atomic E-state index is 8.83. The zero-order chi connectivity index (χ0) is 13.5. The van der Waals surface area contributed by atoms with Crippen molar-refractivity contribution in [3.05, 3.63) is 0 Å². The van der Waals surface area contributed by atoms with Gasteiger partial charge in [-0.05, 0) is 12.3 Å². The van der Waals surface area contributed by atoms with Gasteiger partial charge >= 0.3 is 0 Å². The molecule has 1 unspecified atom stereocenters. The molecule has 18 heavy (non-hydrogen) atoms. The summed E-state index contributed by atoms with van der Waals surface area (Å²) in [6, 6.07) is 0. The SMILES string of the molecule is CC(CCO)CNc1nc(NN)nc(N(C)C)n1. The molecule has 0 aliphatic heterocycles. The highest BCUT2D eigenvalue weighted by molar-refractivity contribution is 5.42. The van der Waals surface area contributed by atoms with Crippen molar-refractivity contribution in [2.45, 2.75) is 13.3 Å². The number of nitrogen functional groups attached to an aromatic ring is 1. The summed E-state index contributed by atoms with van der Waals surface area (Å²) in [6.07, 6.45) is 0.737. The fourth-order valence-corrected chi connectivity index (χ4v) is 1.30. The van der Waals surface area contributed by atoms with E-state index in [1.165, 1.54) is 0 Å². The first kappa shape index (κ1) is 14.4. The number of hydrazine groups is 1. The van der Waals surface area contributed by atoms with Gasteiger partial charge < -0.3 is 15.3 Å². The Kier molecular flexibility index (Phi) is 5.53. The lowest BCUT2D eigenvalue weighted by atomic mass is 10.1. The van der Waals surface area contributed by atoms with Gasteiger partial charge in [-0.15, -0.1) is 0 Å². The summed E-state index contributed by atoms with van der Waals surface area (Å²) >= 11 is 0. The molecule has 0 aromatic carbocycles. The molecule has 0 amide bonds. The Bertz CT molecular complexity index is 371. The van der Waals surface area contributed by atoms with E-state index in [4.69, 9.17) is 10.9 Å². The van der Waals surface area contributed by atoms with Gasteiger partial charge in [-0.2, -0.15) is 15.0 Å². The summed E-state index contributed by atoms with van der Waals surface area (Å²) in [7, 11) is 3.68. The molecule has 0 spiro atoms. The predicted molar refractivity (Wildman–Crippen MR) is 71.3 cm³/mol. The van der Waals surface area contributed by atoms with Crippen LogP contribution in [0, 0.1) is 5.92 Å². The van der Waals surface area contributed by atoms with E-state index < -0.39 is 0 Å². The quantitative estimate of drug-likeness (QED) is 0.386. The van der Waals surface area contributed by atoms with Gasteiger partial charge in [0, 0.05) is 27.2 Å². The number of nitrogens with one attached hydrogen (secondary N) is 2. The first-order valence-corrected chi connectivity index (χ1v) is 5.81. The molecule has 1 heterocycles. The third kappa shape index (κ3) is 4.30. The lowest BCUT2D eigenvalue weighted by molar-refractivity contribution is 0.265. The fourth-order valence-electron chi connectivity index (χ4n) is 1.30. The van der Waals surface area contributed by atoms with Crippen LogP contribution >= 0.6 is 0 Å². The normalized spacial score (nSPS) is 12.1. The zero-order valence-corrected chi connectivity index (χ0v) is 11.0. The molecule has 1 atom stereocenters. The molecule has 0 saturated heterocycles. The van der Waals surface area contributed by atoms with E-state index in [9.17, 15) is 0 Å². The number of aromatic nitrogens is 3. The van der Waals surface area contributed by atoms with E-state index in [0.29, 0.717) is 30.3 Å². The van der Waals surface area contributed by atoms with Gasteiger partial charge in [0.15, 0.2) is 0 Å². The molecule has 102 valence electrons. The molecule has 8 nitrogen and oxygen atoms in total. The average Bonchev–Trinajstić information content (AvgIpc) is 2.36. The summed E-state index contributed by atoms with van der Waals surface area (Å²) in [4.78, 5) is 14.2. The molecule has 0 fully saturated rings. The second-order valence-corrected chi connectivity index (χ2v) is 4.32. The maximum absolute atomic E-state index is 8.83. The van der Waals surface area contributed by atoms with Crippen molar-refractivity contribution in [1.82, 2.24) is 15.0 Å². The van der Waals surface area contributed by atoms with Gasteiger partial charge in [0.1, 0.15) is 0 Å². The fraction of sp³-hybridized carbons (Fsp3) is 0.700. The van der Waals surface area contributed by atoms with Crippen molar-refractivity contribution in [2.75, 3.05) is 42.9 Å². The maximum Gasteiger partial charge on any atom is 0.243 e. The molecule has 0 aliphatic rings. The monoisotopic (exact) mass is 255 g/mol. The standard InChI is InChI=1S/C10H21N7O/c1-7(4-5-18)6-12-8-13-9(16-11)15-10(14-8)17(2)3/h7,18H,4-6,11H2,1-3H3,(H2,12,13,14,15,16). The van der Waals surface area contributed by atoms with Crippen LogP contribution in [0.3, 0.4) is 0 Å². The second-order valence-electron chi connectivity index (χ2n) is 4.32. The number of nitrogens with zero attached hydrogens (tertiary/aromatic N) is 4. The highest BCUT2D eigenvalue weighted by Gasteiger charge is 2.08. The number of nitrogens with two attached hydrogens (primary N) is 1. The molecular weight excluding hydrogens is 234 g/mol. The average molecular weight is 255 g/mol. The number of aliphatic hydroxyl groups excluding tert-OH is 1. The van der Waals surface area contributed by atoms with E-state index in [-0.39, 0.29) is 6.61 Å². The van der Waals surface area contributed by atoms with Crippen molar-refractivity contribution in [2.24, 2.45) is 11.8 Å². The van der Waals surface area contributed by atoms with Crippen LogP contribution in [0.15, 0.2) is 0 Å². The Morgan fingerprint density at radius 1 is 1.28 bits per heavy atom. The summed E-state index contributed by atoms with van der Waals surface area (Å²) in [5, 5.41) is 11.9. The van der Waals surface area contributed by atoms with Gasteiger partial charge in [0.2, 0.25) is 17.8 Å². The first-order chi connectivity index (χ1) is 8.56. The summed E-state index contributed by atoms with van der Waals surface area (Å²) in [6.45, 7) is 2.90. The van der Waals surface area contributed by atoms with Crippen molar-refractivity contribution < 1.29 is 5.11 Å². The van der Waals surface area contributed by atoms with E-state index in [1.54, 1.807) is 4.90 Å². The van der Waals surface area contributed by atoms with Crippen LogP contribution in [-0.4, -0.2) is 47.3 Å². The third-order valence-corrected chi connectivity index (χ3v) is 2.38. The first-order valence-electron chi connectivity index (χ1n) is 5.81. The lowest BCUT2D eigenvalue weighted by Crippen LogP contribution is -2.20. The largest absolute Gasteiger partial charge is 0.396 e. The van der Waals surface area contributed by atoms with E-state index >= 15 is 0 Å². The van der Waals surface area contributed by atoms with Crippen molar-refractivity contribution >= 4 is 17.8 Å². The molecule has 1 aromatic heterocycles. The van der Waals surface area contributed by atoms with E-state index in [1.807, 2.05) is 21.0 Å². The lowest BCUT2D eigenvalue weighted by Gasteiger charge is -2.14. The van der Waals surface area contributed by atoms with E-state index in [2.05, 4.69) is 25.7 Å². The van der Waals surface area contributed by atoms with Crippen molar-refractivity contribution in [1.29, 1.82) is 0 Å². The molecule has 1 rings (SSSR count). The Morgan fingerprint density at radius 2 is 1.94 bits per heavy atom. The van der Waals surface area contributed by atoms with Crippen LogP contribution in [0.5, 0.6) is 0 Å². The van der Waals surface area contributed by atoms with Crippen LogP contribution < -0.4 is 21.5 Å². The van der Waals surface area contributed by atoms with Gasteiger partial charge in [-0.1, -0.05) is 6.92 Å². The third-order valence-electron chi connectivity index (χ3n) is 2.38. The number of aliphatic hydroxyl groups is 1. The summed E-state index contributed by atoms with van der Waals surface area (Å²) in [5.74, 6) is 6.94. The summed E-state index contributed by atoms with van der Waals surface area (Å²) < 4.78 is 0. The van der Waals surface area contributed by atoms with Gasteiger partial charge in [0.25, 0.3) is 0 Å². The van der Waals surface area contributed by atoms with E-state index in [0.717, 1.165) is 6.42 Å². The van der Waals surface area contributed by atoms with Crippen LogP contribution in [0.2, 0.25) is 0 Å². The summed E-state index contributed by atoms with van der Waals surface area (Å²) in [5.41, 5.74) is 2.41. The van der Waals surface area contributed by atoms with Crippen molar-refractivity contribution in [3.8, 4) is 0 Å². The molecule has 0 aliphatic carbocycles. The minimum Gasteiger partial charge on any atom is -0.396 e. The molecule has 0 saturated carbocycles. The van der Waals surface area contributed by atoms with Gasteiger partial charge in [0.05, 0.1) is 0 Å². The van der Waals surface area contributed by atoms with Crippen LogP contribution in [-0.2, 0) is 0 Å². The number of anilines is 3. The topological polar surface area (TPSA) is 112 Å². The molecular formula is C10H21N7O. The number of hydrogen-bond donors (Lipinski definition) is 4. The van der Waals surface area contributed by atoms with Gasteiger partial charge in [-0.25, -0.2) is 5.84 Å². The van der Waals surface area contributed by atoms with Crippen molar-refractivity contribution in [3.63, 3.8) is 0 Å². The predicted octanol–water partition coefficient (Wildman–Crippen LogP) is -0.346. The second kappa shape index (κ2) is 6.92. The molecule has 5 N–H and O–H groups in total. The minimum atomic E-state index is 0.179. The highest BCUT2D eigenvalue weighted by atomic mass is 16.3. The van der Waals surface area contributed by atoms with Crippen LogP contribution in [0.1, 0.15) is 13.3 Å². The van der Waals surface area contributed by atoms with Crippen LogP contribution in [0.25, 0.3) is 0 Å². The Morgan fingerprint density at radius 3 is 2.50 bits per heavy atom. The van der Waals surface area contributed by atoms with Gasteiger partial charge in [-0.3, -0.25) is 5.43 Å². The smallest absolute Gasteiger partial charge is 0.243 e.